The third-order valence-electron chi connectivity index (χ3n) is 5.26. The number of esters is 1. The summed E-state index contributed by atoms with van der Waals surface area (Å²) >= 11 is 0. The van der Waals surface area contributed by atoms with Crippen molar-refractivity contribution in [2.24, 2.45) is 16.8 Å². The van der Waals surface area contributed by atoms with E-state index >= 15 is 0 Å². The number of likely N-dealkylation sites (tertiary alicyclic amines) is 1. The van der Waals surface area contributed by atoms with Gasteiger partial charge in [-0.1, -0.05) is 31.2 Å². The molecule has 1 fully saturated rings. The van der Waals surface area contributed by atoms with Crippen molar-refractivity contribution in [1.29, 1.82) is 0 Å². The number of aliphatic imine (C=N–C) groups is 1. The standard InChI is InChI=1S/C21H30N4O2/c1-4-22-21(25-14-16(2)19(15-25)20(26)27-3)23-13-17-8-7-9-18(12-17)24-10-5-6-11-24/h5-9,12,16,19H,4,10-11,13-15H2,1-3H3,(H,22,23). The Morgan fingerprint density at radius 3 is 2.78 bits per heavy atom. The highest BCUT2D eigenvalue weighted by Crippen LogP contribution is 2.24. The van der Waals surface area contributed by atoms with Gasteiger partial charge in [0.15, 0.2) is 5.96 Å². The summed E-state index contributed by atoms with van der Waals surface area (Å²) in [6.45, 7) is 8.97. The van der Waals surface area contributed by atoms with E-state index in [9.17, 15) is 4.79 Å². The van der Waals surface area contributed by atoms with E-state index in [1.165, 1.54) is 18.4 Å². The Labute approximate surface area is 161 Å². The van der Waals surface area contributed by atoms with Crippen LogP contribution in [0.3, 0.4) is 0 Å². The number of hydrogen-bond acceptors (Lipinski definition) is 4. The van der Waals surface area contributed by atoms with E-state index in [-0.39, 0.29) is 17.8 Å². The zero-order chi connectivity index (χ0) is 19.2. The van der Waals surface area contributed by atoms with E-state index < -0.39 is 0 Å². The smallest absolute Gasteiger partial charge is 0.310 e. The molecule has 6 nitrogen and oxygen atoms in total. The fraction of sp³-hybridized carbons (Fsp3) is 0.524. The number of anilines is 1. The molecule has 1 N–H and O–H groups in total. The van der Waals surface area contributed by atoms with Gasteiger partial charge >= 0.3 is 5.97 Å². The van der Waals surface area contributed by atoms with Gasteiger partial charge in [0.05, 0.1) is 19.6 Å². The van der Waals surface area contributed by atoms with Crippen LogP contribution in [0.5, 0.6) is 0 Å². The molecule has 0 amide bonds. The van der Waals surface area contributed by atoms with Crippen LogP contribution in [-0.2, 0) is 16.1 Å². The monoisotopic (exact) mass is 370 g/mol. The minimum Gasteiger partial charge on any atom is -0.469 e. The van der Waals surface area contributed by atoms with Gasteiger partial charge in [-0.2, -0.15) is 0 Å². The average molecular weight is 370 g/mol. The number of nitrogens with zero attached hydrogens (tertiary/aromatic N) is 3. The minimum atomic E-state index is -0.132. The van der Waals surface area contributed by atoms with Gasteiger partial charge in [-0.15, -0.1) is 0 Å². The molecule has 2 unspecified atom stereocenters. The summed E-state index contributed by atoms with van der Waals surface area (Å²) in [7, 11) is 1.46. The second kappa shape index (κ2) is 8.93. The Balaban J connectivity index is 1.69. The molecular weight excluding hydrogens is 340 g/mol. The van der Waals surface area contributed by atoms with Gasteiger partial charge in [0, 0.05) is 38.4 Å². The van der Waals surface area contributed by atoms with Gasteiger partial charge in [-0.05, 0) is 30.5 Å². The summed E-state index contributed by atoms with van der Waals surface area (Å²) in [5.41, 5.74) is 2.42. The minimum absolute atomic E-state index is 0.0927. The topological polar surface area (TPSA) is 57.2 Å². The van der Waals surface area contributed by atoms with E-state index in [2.05, 4.69) is 65.4 Å². The van der Waals surface area contributed by atoms with Crippen LogP contribution in [0.25, 0.3) is 0 Å². The molecule has 1 aromatic carbocycles. The maximum absolute atomic E-state index is 12.0. The van der Waals surface area contributed by atoms with Gasteiger partial charge in [0.2, 0.25) is 0 Å². The Hall–Kier alpha value is -2.50. The quantitative estimate of drug-likeness (QED) is 0.373. The van der Waals surface area contributed by atoms with Crippen molar-refractivity contribution in [2.45, 2.75) is 20.4 Å². The second-order valence-corrected chi connectivity index (χ2v) is 7.23. The maximum atomic E-state index is 12.0. The zero-order valence-corrected chi connectivity index (χ0v) is 16.5. The molecule has 2 heterocycles. The fourth-order valence-corrected chi connectivity index (χ4v) is 3.73. The second-order valence-electron chi connectivity index (χ2n) is 7.23. The number of benzene rings is 1. The van der Waals surface area contributed by atoms with Crippen LogP contribution in [0.15, 0.2) is 41.4 Å². The first-order valence-electron chi connectivity index (χ1n) is 9.72. The Kier molecular flexibility index (Phi) is 6.37. The molecule has 0 aromatic heterocycles. The molecule has 0 aliphatic carbocycles. The van der Waals surface area contributed by atoms with Crippen LogP contribution < -0.4 is 10.2 Å². The van der Waals surface area contributed by atoms with E-state index in [0.29, 0.717) is 13.1 Å². The van der Waals surface area contributed by atoms with Gasteiger partial charge in [0.1, 0.15) is 0 Å². The van der Waals surface area contributed by atoms with E-state index in [0.717, 1.165) is 32.1 Å². The molecule has 0 radical (unpaired) electrons. The number of nitrogens with one attached hydrogen (secondary N) is 1. The Morgan fingerprint density at radius 1 is 1.30 bits per heavy atom. The highest BCUT2D eigenvalue weighted by Gasteiger charge is 2.36. The molecule has 2 aliphatic rings. The van der Waals surface area contributed by atoms with Crippen LogP contribution >= 0.6 is 0 Å². The molecule has 1 aromatic rings. The van der Waals surface area contributed by atoms with Crippen molar-refractivity contribution in [3.63, 3.8) is 0 Å². The molecule has 0 bridgehead atoms. The van der Waals surface area contributed by atoms with Crippen molar-refractivity contribution in [3.05, 3.63) is 42.0 Å². The van der Waals surface area contributed by atoms with Gasteiger partial charge in [-0.3, -0.25) is 4.79 Å². The van der Waals surface area contributed by atoms with Gasteiger partial charge in [-0.25, -0.2) is 4.99 Å². The molecule has 146 valence electrons. The van der Waals surface area contributed by atoms with Crippen LogP contribution in [0, 0.1) is 11.8 Å². The number of ether oxygens (including phenoxy) is 1. The van der Waals surface area contributed by atoms with Crippen molar-refractivity contribution in [1.82, 2.24) is 10.2 Å². The summed E-state index contributed by atoms with van der Waals surface area (Å²) < 4.78 is 4.95. The third-order valence-corrected chi connectivity index (χ3v) is 5.26. The zero-order valence-electron chi connectivity index (χ0n) is 16.5. The van der Waals surface area contributed by atoms with Crippen LogP contribution in [0.4, 0.5) is 5.69 Å². The number of carbonyl (C=O) groups is 1. The summed E-state index contributed by atoms with van der Waals surface area (Å²) in [5.74, 6) is 0.897. The first-order chi connectivity index (χ1) is 13.1. The fourth-order valence-electron chi connectivity index (χ4n) is 3.73. The molecule has 2 aliphatic heterocycles. The van der Waals surface area contributed by atoms with E-state index in [1.54, 1.807) is 0 Å². The SMILES string of the molecule is CCNC(=NCc1cccc(N2CC=CC2)c1)N1CC(C)C(C(=O)OC)C1. The normalized spacial score (nSPS) is 22.4. The average Bonchev–Trinajstić information content (AvgIpc) is 3.35. The lowest BCUT2D eigenvalue weighted by atomic mass is 9.99. The lowest BCUT2D eigenvalue weighted by Gasteiger charge is -2.22. The van der Waals surface area contributed by atoms with Crippen molar-refractivity contribution < 1.29 is 9.53 Å². The predicted molar refractivity (Wildman–Crippen MR) is 109 cm³/mol. The van der Waals surface area contributed by atoms with E-state index in [1.807, 2.05) is 0 Å². The lowest BCUT2D eigenvalue weighted by molar-refractivity contribution is -0.145. The Morgan fingerprint density at radius 2 is 2.07 bits per heavy atom. The van der Waals surface area contributed by atoms with Crippen molar-refractivity contribution >= 4 is 17.6 Å². The number of methoxy groups -OCH3 is 1. The van der Waals surface area contributed by atoms with Gasteiger partial charge in [0.25, 0.3) is 0 Å². The predicted octanol–water partition coefficient (Wildman–Crippen LogP) is 2.27. The van der Waals surface area contributed by atoms with E-state index in [4.69, 9.17) is 9.73 Å². The maximum Gasteiger partial charge on any atom is 0.310 e. The van der Waals surface area contributed by atoms with Crippen LogP contribution in [0.2, 0.25) is 0 Å². The largest absolute Gasteiger partial charge is 0.469 e. The molecule has 2 atom stereocenters. The van der Waals surface area contributed by atoms with Gasteiger partial charge < -0.3 is 19.9 Å². The summed E-state index contributed by atoms with van der Waals surface area (Å²) in [6, 6.07) is 8.57. The number of hydrogen-bond donors (Lipinski definition) is 1. The number of carbonyl (C=O) groups excluding carboxylic acids is 1. The number of guanidine groups is 1. The third kappa shape index (κ3) is 4.62. The summed E-state index contributed by atoms with van der Waals surface area (Å²) in [4.78, 5) is 21.3. The molecule has 6 heteroatoms. The summed E-state index contributed by atoms with van der Waals surface area (Å²) in [6.07, 6.45) is 4.39. The molecule has 0 saturated carbocycles. The Bertz CT molecular complexity index is 708. The molecule has 3 rings (SSSR count). The highest BCUT2D eigenvalue weighted by atomic mass is 16.5. The first-order valence-corrected chi connectivity index (χ1v) is 9.72. The van der Waals surface area contributed by atoms with Crippen molar-refractivity contribution in [3.8, 4) is 0 Å². The van der Waals surface area contributed by atoms with Crippen molar-refractivity contribution in [2.75, 3.05) is 44.7 Å². The molecular formula is C21H30N4O2. The molecule has 1 saturated heterocycles. The molecule has 27 heavy (non-hydrogen) atoms. The van der Waals surface area contributed by atoms with Crippen LogP contribution in [-0.4, -0.2) is 56.7 Å². The summed E-state index contributed by atoms with van der Waals surface area (Å²) in [5, 5.41) is 3.37. The molecule has 0 spiro atoms. The highest BCUT2D eigenvalue weighted by molar-refractivity contribution is 5.82. The first kappa shape index (κ1) is 19.3. The number of rotatable bonds is 5. The van der Waals surface area contributed by atoms with Crippen LogP contribution in [0.1, 0.15) is 19.4 Å². The lowest BCUT2D eigenvalue weighted by Crippen LogP contribution is -2.40.